The van der Waals surface area contributed by atoms with Crippen LogP contribution in [0.3, 0.4) is 0 Å². The monoisotopic (exact) mass is 480 g/mol. The van der Waals surface area contributed by atoms with Gasteiger partial charge in [0.25, 0.3) is 10.8 Å². The summed E-state index contributed by atoms with van der Waals surface area (Å²) in [6, 6.07) is 7.92. The van der Waals surface area contributed by atoms with Crippen LogP contribution in [0.15, 0.2) is 39.8 Å². The second-order valence-corrected chi connectivity index (χ2v) is 10.0. The van der Waals surface area contributed by atoms with Gasteiger partial charge in [0.05, 0.1) is 5.69 Å². The molecule has 9 nitrogen and oxygen atoms in total. The van der Waals surface area contributed by atoms with Gasteiger partial charge in [-0.05, 0) is 43.9 Å². The average molecular weight is 481 g/mol. The van der Waals surface area contributed by atoms with Crippen molar-refractivity contribution in [2.45, 2.75) is 45.6 Å². The van der Waals surface area contributed by atoms with E-state index in [9.17, 15) is 4.79 Å². The number of fused-ring (bicyclic) bond motifs is 1. The minimum atomic E-state index is -0.0629. The number of pyridine rings is 2. The molecule has 0 saturated carbocycles. The maximum Gasteiger partial charge on any atom is 0.324 e. The number of aryl methyl sites for hydroxylation is 1. The van der Waals surface area contributed by atoms with Gasteiger partial charge in [-0.15, -0.1) is 0 Å². The predicted molar refractivity (Wildman–Crippen MR) is 132 cm³/mol. The van der Waals surface area contributed by atoms with Gasteiger partial charge >= 0.3 is 6.01 Å². The molecule has 1 atom stereocenters. The molecule has 1 aliphatic heterocycles. The molecule has 1 aliphatic rings. The summed E-state index contributed by atoms with van der Waals surface area (Å²) < 4.78 is 13.2. The molecule has 1 saturated heterocycles. The molecule has 4 aromatic rings. The van der Waals surface area contributed by atoms with Crippen LogP contribution >= 0.6 is 11.3 Å². The number of hydrogen-bond donors (Lipinski definition) is 0. The van der Waals surface area contributed by atoms with E-state index in [1.165, 1.54) is 15.9 Å². The third-order valence-corrected chi connectivity index (χ3v) is 7.20. The van der Waals surface area contributed by atoms with Gasteiger partial charge in [0.1, 0.15) is 16.5 Å². The van der Waals surface area contributed by atoms with Crippen LogP contribution in [0.5, 0.6) is 5.19 Å². The first kappa shape index (κ1) is 22.5. The van der Waals surface area contributed by atoms with Gasteiger partial charge in [-0.3, -0.25) is 4.79 Å². The summed E-state index contributed by atoms with van der Waals surface area (Å²) in [5, 5.41) is 4.70. The van der Waals surface area contributed by atoms with E-state index in [4.69, 9.17) is 14.2 Å². The maximum atomic E-state index is 12.0. The summed E-state index contributed by atoms with van der Waals surface area (Å²) >= 11 is 1.44. The lowest BCUT2D eigenvalue weighted by atomic mass is 9.92. The smallest absolute Gasteiger partial charge is 0.324 e. The molecule has 0 spiro atoms. The Morgan fingerprint density at radius 2 is 1.91 bits per heavy atom. The molecule has 1 unspecified atom stereocenters. The van der Waals surface area contributed by atoms with Crippen LogP contribution < -0.4 is 15.2 Å². The van der Waals surface area contributed by atoms with Crippen LogP contribution in [0, 0.1) is 5.92 Å². The first-order valence-corrected chi connectivity index (χ1v) is 12.4. The zero-order valence-electron chi connectivity index (χ0n) is 19.8. The Balaban J connectivity index is 1.23. The van der Waals surface area contributed by atoms with Crippen LogP contribution in [-0.4, -0.2) is 43.9 Å². The minimum Gasteiger partial charge on any atom is -0.467 e. The van der Waals surface area contributed by atoms with Crippen LogP contribution in [0.25, 0.3) is 21.6 Å². The number of rotatable bonds is 6. The number of piperidine rings is 1. The van der Waals surface area contributed by atoms with Crippen molar-refractivity contribution in [1.29, 1.82) is 0 Å². The van der Waals surface area contributed by atoms with Crippen molar-refractivity contribution in [2.75, 3.05) is 18.0 Å². The Bertz CT molecular complexity index is 1350. The van der Waals surface area contributed by atoms with E-state index in [-0.39, 0.29) is 17.6 Å². The minimum absolute atomic E-state index is 0.0354. The van der Waals surface area contributed by atoms with Gasteiger partial charge in [0.15, 0.2) is 5.82 Å². The quantitative estimate of drug-likeness (QED) is 0.404. The Morgan fingerprint density at radius 3 is 2.62 bits per heavy atom. The molecule has 4 aromatic heterocycles. The first-order chi connectivity index (χ1) is 16.4. The lowest BCUT2D eigenvalue weighted by Gasteiger charge is -2.33. The van der Waals surface area contributed by atoms with Crippen molar-refractivity contribution in [3.8, 4) is 16.5 Å². The first-order valence-electron chi connectivity index (χ1n) is 11.6. The Hall–Kier alpha value is -3.27. The number of anilines is 1. The number of hydrogen-bond acceptors (Lipinski definition) is 9. The van der Waals surface area contributed by atoms with Crippen molar-refractivity contribution >= 4 is 27.7 Å². The molecule has 10 heteroatoms. The predicted octanol–water partition coefficient (Wildman–Crippen LogP) is 4.25. The lowest BCUT2D eigenvalue weighted by molar-refractivity contribution is 0.131. The van der Waals surface area contributed by atoms with Crippen molar-refractivity contribution in [1.82, 2.24) is 24.7 Å². The standard InChI is InChI=1S/C24H28N6O3S/c1-14(2)21-27-23(33-28-21)30-11-8-16(9-12-30)15(3)32-24-26-19-6-5-18(25-22(19)34-24)17-7-10-29(4)20(31)13-17/h5-7,10,13-16H,8-9,11-12H2,1-4H3. The number of thiazole rings is 1. The topological polar surface area (TPSA) is 99.2 Å². The van der Waals surface area contributed by atoms with Gasteiger partial charge < -0.3 is 18.7 Å². The van der Waals surface area contributed by atoms with Crippen LogP contribution in [0.2, 0.25) is 0 Å². The normalized spacial score (nSPS) is 15.9. The second-order valence-electron chi connectivity index (χ2n) is 9.10. The van der Waals surface area contributed by atoms with Crippen LogP contribution in [0.1, 0.15) is 45.4 Å². The largest absolute Gasteiger partial charge is 0.467 e. The zero-order valence-corrected chi connectivity index (χ0v) is 20.6. The highest BCUT2D eigenvalue weighted by atomic mass is 32.1. The average Bonchev–Trinajstić information content (AvgIpc) is 3.47. The molecule has 0 aromatic carbocycles. The van der Waals surface area contributed by atoms with E-state index in [1.54, 1.807) is 19.3 Å². The van der Waals surface area contributed by atoms with Crippen molar-refractivity contribution in [3.63, 3.8) is 0 Å². The molecule has 0 radical (unpaired) electrons. The highest BCUT2D eigenvalue weighted by Gasteiger charge is 2.28. The lowest BCUT2D eigenvalue weighted by Crippen LogP contribution is -2.38. The van der Waals surface area contributed by atoms with Crippen LogP contribution in [-0.2, 0) is 7.05 Å². The van der Waals surface area contributed by atoms with Gasteiger partial charge in [-0.25, -0.2) is 9.97 Å². The van der Waals surface area contributed by atoms with Crippen molar-refractivity contribution < 1.29 is 9.26 Å². The van der Waals surface area contributed by atoms with Crippen molar-refractivity contribution in [2.24, 2.45) is 13.0 Å². The fourth-order valence-electron chi connectivity index (χ4n) is 4.12. The van der Waals surface area contributed by atoms with Gasteiger partial charge in [0.2, 0.25) is 0 Å². The molecule has 34 heavy (non-hydrogen) atoms. The molecule has 0 amide bonds. The Kier molecular flexibility index (Phi) is 6.07. The molecule has 0 N–H and O–H groups in total. The molecule has 0 aliphatic carbocycles. The second kappa shape index (κ2) is 9.17. The summed E-state index contributed by atoms with van der Waals surface area (Å²) in [4.78, 5) is 28.8. The third kappa shape index (κ3) is 4.54. The van der Waals surface area contributed by atoms with Crippen LogP contribution in [0.4, 0.5) is 6.01 Å². The fourth-order valence-corrected chi connectivity index (χ4v) is 4.99. The molecule has 5 rings (SSSR count). The molecular weight excluding hydrogens is 452 g/mol. The van der Waals surface area contributed by atoms with E-state index < -0.39 is 0 Å². The third-order valence-electron chi connectivity index (χ3n) is 6.34. The number of aromatic nitrogens is 5. The molecule has 0 bridgehead atoms. The Morgan fingerprint density at radius 1 is 1.12 bits per heavy atom. The SMILES string of the molecule is CC(C)c1noc(N2CCC(C(C)Oc3nc4ccc(-c5ccn(C)c(=O)c5)nc4s3)CC2)n1. The van der Waals surface area contributed by atoms with E-state index in [2.05, 4.69) is 40.8 Å². The number of ether oxygens (including phenoxy) is 1. The molecule has 1 fully saturated rings. The van der Waals surface area contributed by atoms with E-state index in [0.29, 0.717) is 17.1 Å². The van der Waals surface area contributed by atoms with E-state index in [1.807, 2.05) is 18.2 Å². The summed E-state index contributed by atoms with van der Waals surface area (Å²) in [5.74, 6) is 1.42. The Labute approximate surface area is 201 Å². The van der Waals surface area contributed by atoms with Crippen molar-refractivity contribution in [3.05, 3.63) is 46.6 Å². The molecule has 5 heterocycles. The highest BCUT2D eigenvalue weighted by Crippen LogP contribution is 2.32. The van der Waals surface area contributed by atoms with E-state index in [0.717, 1.165) is 53.4 Å². The fraction of sp³-hybridized carbons (Fsp3) is 0.458. The zero-order chi connectivity index (χ0) is 23.8. The number of nitrogens with zero attached hydrogens (tertiary/aromatic N) is 6. The van der Waals surface area contributed by atoms with Gasteiger partial charge in [0, 0.05) is 43.9 Å². The molecule has 178 valence electrons. The summed E-state index contributed by atoms with van der Waals surface area (Å²) in [6.07, 6.45) is 3.75. The van der Waals surface area contributed by atoms with Gasteiger partial charge in [-0.1, -0.05) is 30.3 Å². The summed E-state index contributed by atoms with van der Waals surface area (Å²) in [6.45, 7) is 7.94. The van der Waals surface area contributed by atoms with E-state index >= 15 is 0 Å². The van der Waals surface area contributed by atoms with Gasteiger partial charge in [-0.2, -0.15) is 4.98 Å². The highest BCUT2D eigenvalue weighted by molar-refractivity contribution is 7.19. The maximum absolute atomic E-state index is 12.0. The summed E-state index contributed by atoms with van der Waals surface area (Å²) in [7, 11) is 1.73. The summed E-state index contributed by atoms with van der Waals surface area (Å²) in [5.41, 5.74) is 2.28. The molecular formula is C24H28N6O3S.